The van der Waals surface area contributed by atoms with Crippen molar-refractivity contribution in [1.29, 1.82) is 0 Å². The van der Waals surface area contributed by atoms with Crippen LogP contribution in [0.4, 0.5) is 0 Å². The van der Waals surface area contributed by atoms with Crippen LogP contribution in [0.3, 0.4) is 0 Å². The summed E-state index contributed by atoms with van der Waals surface area (Å²) in [6.45, 7) is 0.153. The third kappa shape index (κ3) is 2.36. The first kappa shape index (κ1) is 11.0. The molecule has 1 aromatic carbocycles. The van der Waals surface area contributed by atoms with Crippen LogP contribution in [0.2, 0.25) is 0 Å². The van der Waals surface area contributed by atoms with Crippen LogP contribution in [0.25, 0.3) is 11.3 Å². The number of aldehydes is 1. The van der Waals surface area contributed by atoms with Gasteiger partial charge in [0.2, 0.25) is 0 Å². The smallest absolute Gasteiger partial charge is 0.335 e. The minimum Gasteiger partial charge on any atom is -0.478 e. The van der Waals surface area contributed by atoms with E-state index in [2.05, 4.69) is 10.3 Å². The number of hydrogen-bond donors (Lipinski definition) is 1. The topological polar surface area (TPSA) is 85.1 Å². The summed E-state index contributed by atoms with van der Waals surface area (Å²) < 4.78 is 1.41. The first-order valence-electron chi connectivity index (χ1n) is 4.88. The second kappa shape index (κ2) is 4.56. The predicted molar refractivity (Wildman–Crippen MR) is 58.5 cm³/mol. The van der Waals surface area contributed by atoms with Crippen LogP contribution < -0.4 is 0 Å². The van der Waals surface area contributed by atoms with E-state index in [-0.39, 0.29) is 12.1 Å². The summed E-state index contributed by atoms with van der Waals surface area (Å²) in [6.07, 6.45) is 2.36. The number of aromatic carboxylic acids is 1. The molecule has 17 heavy (non-hydrogen) atoms. The van der Waals surface area contributed by atoms with Crippen molar-refractivity contribution in [3.8, 4) is 11.3 Å². The molecule has 2 aromatic rings. The Kier molecular flexibility index (Phi) is 2.95. The molecular weight excluding hydrogens is 222 g/mol. The fourth-order valence-electron chi connectivity index (χ4n) is 1.38. The fourth-order valence-corrected chi connectivity index (χ4v) is 1.38. The third-order valence-corrected chi connectivity index (χ3v) is 2.23. The van der Waals surface area contributed by atoms with Gasteiger partial charge in [-0.1, -0.05) is 17.3 Å². The second-order valence-electron chi connectivity index (χ2n) is 3.37. The lowest BCUT2D eigenvalue weighted by Gasteiger charge is -1.96. The van der Waals surface area contributed by atoms with Crippen molar-refractivity contribution in [2.24, 2.45) is 0 Å². The summed E-state index contributed by atoms with van der Waals surface area (Å²) in [4.78, 5) is 21.0. The lowest BCUT2D eigenvalue weighted by atomic mass is 10.1. The van der Waals surface area contributed by atoms with E-state index in [0.717, 1.165) is 11.8 Å². The van der Waals surface area contributed by atoms with Crippen molar-refractivity contribution < 1.29 is 14.7 Å². The fraction of sp³-hybridized carbons (Fsp3) is 0.0909. The van der Waals surface area contributed by atoms with Gasteiger partial charge in [0.05, 0.1) is 18.3 Å². The Morgan fingerprint density at radius 3 is 2.65 bits per heavy atom. The average Bonchev–Trinajstić information content (AvgIpc) is 2.78. The number of nitrogens with zero attached hydrogens (tertiary/aromatic N) is 3. The van der Waals surface area contributed by atoms with Gasteiger partial charge in [-0.25, -0.2) is 9.48 Å². The van der Waals surface area contributed by atoms with Gasteiger partial charge >= 0.3 is 5.97 Å². The van der Waals surface area contributed by atoms with Gasteiger partial charge in [0, 0.05) is 5.56 Å². The number of carbonyl (C=O) groups is 2. The zero-order chi connectivity index (χ0) is 12.3. The average molecular weight is 231 g/mol. The van der Waals surface area contributed by atoms with Crippen molar-refractivity contribution in [2.75, 3.05) is 0 Å². The summed E-state index contributed by atoms with van der Waals surface area (Å²) in [7, 11) is 0. The highest BCUT2D eigenvalue weighted by molar-refractivity contribution is 5.88. The van der Waals surface area contributed by atoms with Crippen molar-refractivity contribution in [2.45, 2.75) is 6.54 Å². The van der Waals surface area contributed by atoms with E-state index in [1.165, 1.54) is 16.8 Å². The molecule has 2 rings (SSSR count). The van der Waals surface area contributed by atoms with Gasteiger partial charge in [0.15, 0.2) is 0 Å². The first-order valence-corrected chi connectivity index (χ1v) is 4.88. The maximum atomic E-state index is 10.7. The van der Waals surface area contributed by atoms with Gasteiger partial charge in [0.1, 0.15) is 12.0 Å². The molecule has 0 saturated heterocycles. The molecule has 0 unspecified atom stereocenters. The van der Waals surface area contributed by atoms with Crippen LogP contribution in [-0.4, -0.2) is 32.4 Å². The van der Waals surface area contributed by atoms with E-state index >= 15 is 0 Å². The molecule has 6 heteroatoms. The molecule has 0 aliphatic heterocycles. The van der Waals surface area contributed by atoms with Gasteiger partial charge < -0.3 is 9.90 Å². The normalized spacial score (nSPS) is 10.1. The molecule has 0 aliphatic carbocycles. The van der Waals surface area contributed by atoms with E-state index in [4.69, 9.17) is 5.11 Å². The lowest BCUT2D eigenvalue weighted by molar-refractivity contribution is -0.108. The van der Waals surface area contributed by atoms with Gasteiger partial charge in [-0.15, -0.1) is 5.10 Å². The lowest BCUT2D eigenvalue weighted by Crippen LogP contribution is -1.98. The highest BCUT2D eigenvalue weighted by atomic mass is 16.4. The number of hydrogen-bond acceptors (Lipinski definition) is 4. The Hall–Kier alpha value is -2.50. The molecule has 1 N–H and O–H groups in total. The number of carbonyl (C=O) groups excluding carboxylic acids is 1. The molecular formula is C11H9N3O3. The van der Waals surface area contributed by atoms with Crippen LogP contribution in [0, 0.1) is 0 Å². The molecule has 0 fully saturated rings. The van der Waals surface area contributed by atoms with Crippen LogP contribution in [0.15, 0.2) is 30.5 Å². The Morgan fingerprint density at radius 1 is 1.35 bits per heavy atom. The predicted octanol–water partition coefficient (Wildman–Crippen LogP) is 0.842. The van der Waals surface area contributed by atoms with Crippen LogP contribution >= 0.6 is 0 Å². The largest absolute Gasteiger partial charge is 0.478 e. The molecule has 1 aromatic heterocycles. The number of carboxylic acid groups (broad SMARTS) is 1. The highest BCUT2D eigenvalue weighted by Crippen LogP contribution is 2.16. The summed E-state index contributed by atoms with van der Waals surface area (Å²) in [5.74, 6) is -0.971. The molecule has 0 atom stereocenters. The van der Waals surface area contributed by atoms with E-state index in [0.29, 0.717) is 5.69 Å². The van der Waals surface area contributed by atoms with Gasteiger partial charge in [-0.2, -0.15) is 0 Å². The molecule has 6 nitrogen and oxygen atoms in total. The SMILES string of the molecule is O=CCn1cc(-c2ccc(C(=O)O)cc2)nn1. The Bertz CT molecular complexity index is 545. The van der Waals surface area contributed by atoms with Gasteiger partial charge in [-0.05, 0) is 12.1 Å². The van der Waals surface area contributed by atoms with E-state index < -0.39 is 5.97 Å². The quantitative estimate of drug-likeness (QED) is 0.788. The van der Waals surface area contributed by atoms with Crippen LogP contribution in [0.1, 0.15) is 10.4 Å². The minimum atomic E-state index is -0.971. The molecule has 0 bridgehead atoms. The maximum Gasteiger partial charge on any atom is 0.335 e. The third-order valence-electron chi connectivity index (χ3n) is 2.23. The van der Waals surface area contributed by atoms with Crippen molar-refractivity contribution in [3.63, 3.8) is 0 Å². The monoisotopic (exact) mass is 231 g/mol. The highest BCUT2D eigenvalue weighted by Gasteiger charge is 2.06. The molecule has 0 radical (unpaired) electrons. The van der Waals surface area contributed by atoms with Crippen molar-refractivity contribution in [3.05, 3.63) is 36.0 Å². The van der Waals surface area contributed by atoms with Gasteiger partial charge in [-0.3, -0.25) is 0 Å². The van der Waals surface area contributed by atoms with E-state index in [1.54, 1.807) is 18.3 Å². The van der Waals surface area contributed by atoms with Crippen LogP contribution in [-0.2, 0) is 11.3 Å². The van der Waals surface area contributed by atoms with Gasteiger partial charge in [0.25, 0.3) is 0 Å². The zero-order valence-corrected chi connectivity index (χ0v) is 8.78. The summed E-state index contributed by atoms with van der Waals surface area (Å²) >= 11 is 0. The van der Waals surface area contributed by atoms with Crippen molar-refractivity contribution >= 4 is 12.3 Å². The minimum absolute atomic E-state index is 0.153. The Morgan fingerprint density at radius 2 is 2.06 bits per heavy atom. The molecule has 0 saturated carbocycles. The maximum absolute atomic E-state index is 10.7. The number of rotatable bonds is 4. The van der Waals surface area contributed by atoms with Crippen molar-refractivity contribution in [1.82, 2.24) is 15.0 Å². The first-order chi connectivity index (χ1) is 8.20. The molecule has 1 heterocycles. The molecule has 86 valence electrons. The van der Waals surface area contributed by atoms with E-state index in [1.807, 2.05) is 0 Å². The standard InChI is InChI=1S/C11H9N3O3/c15-6-5-14-7-10(12-13-14)8-1-3-9(4-2-8)11(16)17/h1-4,6-7H,5H2,(H,16,17). The second-order valence-corrected chi connectivity index (χ2v) is 3.37. The number of benzene rings is 1. The summed E-state index contributed by atoms with van der Waals surface area (Å²) in [5.41, 5.74) is 1.57. The molecule has 0 amide bonds. The zero-order valence-electron chi connectivity index (χ0n) is 8.78. The summed E-state index contributed by atoms with van der Waals surface area (Å²) in [6, 6.07) is 6.30. The Labute approximate surface area is 96.5 Å². The Balaban J connectivity index is 2.26. The summed E-state index contributed by atoms with van der Waals surface area (Å²) in [5, 5.41) is 16.4. The number of carboxylic acids is 1. The van der Waals surface area contributed by atoms with E-state index in [9.17, 15) is 9.59 Å². The molecule has 0 spiro atoms. The van der Waals surface area contributed by atoms with Crippen LogP contribution in [0.5, 0.6) is 0 Å². The number of aromatic nitrogens is 3. The molecule has 0 aliphatic rings.